The van der Waals surface area contributed by atoms with Crippen molar-refractivity contribution in [1.29, 1.82) is 0 Å². The number of aliphatic imine (C=N–C) groups is 2. The summed E-state index contributed by atoms with van der Waals surface area (Å²) in [4.78, 5) is 27.5. The van der Waals surface area contributed by atoms with Gasteiger partial charge in [-0.25, -0.2) is 9.59 Å². The number of nitrogens with zero attached hydrogens (tertiary/aromatic N) is 2. The number of carbonyl (C=O) groups excluding carboxylic acids is 2. The quantitative estimate of drug-likeness (QED) is 0.366. The molecule has 0 radical (unpaired) electrons. The standard InChI is InChI=1S/C19H16N2O4/c1-13(15-3-7-17(8-4-15)20-11-22)14(2)19(24,25)16-5-9-18(10-6-16)21-12-23/h3-10,13,24-25H,2H2,1H3. The van der Waals surface area contributed by atoms with Gasteiger partial charge in [-0.1, -0.05) is 37.8 Å². The van der Waals surface area contributed by atoms with Gasteiger partial charge in [0.05, 0.1) is 11.4 Å². The lowest BCUT2D eigenvalue weighted by atomic mass is 9.85. The third-order valence-corrected chi connectivity index (χ3v) is 3.98. The molecular weight excluding hydrogens is 320 g/mol. The SMILES string of the molecule is C=C(C(C)c1ccc(N=C=O)cc1)C(O)(O)c1ccc(N=C=O)cc1. The summed E-state index contributed by atoms with van der Waals surface area (Å²) in [5.74, 6) is -2.64. The summed E-state index contributed by atoms with van der Waals surface area (Å²) in [7, 11) is 0. The molecule has 6 heteroatoms. The zero-order valence-corrected chi connectivity index (χ0v) is 13.5. The Hall–Kier alpha value is -3.14. The van der Waals surface area contributed by atoms with E-state index in [9.17, 15) is 19.8 Å². The molecule has 2 aromatic rings. The molecule has 2 aromatic carbocycles. The van der Waals surface area contributed by atoms with Crippen molar-refractivity contribution in [2.45, 2.75) is 18.6 Å². The fourth-order valence-electron chi connectivity index (χ4n) is 2.40. The molecule has 0 aliphatic carbocycles. The minimum absolute atomic E-state index is 0.172. The van der Waals surface area contributed by atoms with E-state index in [1.807, 2.05) is 0 Å². The first kappa shape index (κ1) is 18.2. The van der Waals surface area contributed by atoms with E-state index in [0.717, 1.165) is 5.56 Å². The molecule has 1 unspecified atom stereocenters. The lowest BCUT2D eigenvalue weighted by molar-refractivity contribution is -0.138. The van der Waals surface area contributed by atoms with Gasteiger partial charge in [-0.2, -0.15) is 9.98 Å². The number of benzene rings is 2. The van der Waals surface area contributed by atoms with Crippen LogP contribution in [0.5, 0.6) is 0 Å². The highest BCUT2D eigenvalue weighted by Crippen LogP contribution is 2.36. The molecule has 6 nitrogen and oxygen atoms in total. The number of hydrogen-bond acceptors (Lipinski definition) is 6. The van der Waals surface area contributed by atoms with Crippen molar-refractivity contribution in [2.75, 3.05) is 0 Å². The van der Waals surface area contributed by atoms with Crippen LogP contribution >= 0.6 is 0 Å². The Morgan fingerprint density at radius 1 is 0.960 bits per heavy atom. The first-order valence-electron chi connectivity index (χ1n) is 7.40. The summed E-state index contributed by atoms with van der Waals surface area (Å²) in [6.07, 6.45) is 2.88. The molecule has 2 rings (SSSR count). The van der Waals surface area contributed by atoms with Crippen LogP contribution < -0.4 is 0 Å². The van der Waals surface area contributed by atoms with Crippen molar-refractivity contribution in [3.63, 3.8) is 0 Å². The topological polar surface area (TPSA) is 99.3 Å². The van der Waals surface area contributed by atoms with Crippen molar-refractivity contribution < 1.29 is 19.8 Å². The third-order valence-electron chi connectivity index (χ3n) is 3.98. The molecule has 0 aromatic heterocycles. The average molecular weight is 336 g/mol. The van der Waals surface area contributed by atoms with E-state index in [0.29, 0.717) is 11.4 Å². The largest absolute Gasteiger partial charge is 0.359 e. The van der Waals surface area contributed by atoms with Gasteiger partial charge in [0, 0.05) is 11.5 Å². The highest BCUT2D eigenvalue weighted by molar-refractivity contribution is 5.51. The van der Waals surface area contributed by atoms with Crippen LogP contribution in [0.3, 0.4) is 0 Å². The minimum Gasteiger partial charge on any atom is -0.359 e. The molecule has 0 spiro atoms. The molecule has 0 fully saturated rings. The predicted molar refractivity (Wildman–Crippen MR) is 92.1 cm³/mol. The van der Waals surface area contributed by atoms with Crippen LogP contribution in [0.4, 0.5) is 11.4 Å². The number of hydrogen-bond donors (Lipinski definition) is 2. The highest BCUT2D eigenvalue weighted by Gasteiger charge is 2.33. The molecule has 0 bridgehead atoms. The van der Waals surface area contributed by atoms with Crippen molar-refractivity contribution >= 4 is 23.5 Å². The Balaban J connectivity index is 2.26. The average Bonchev–Trinajstić information content (AvgIpc) is 2.62. The maximum absolute atomic E-state index is 10.5. The summed E-state index contributed by atoms with van der Waals surface area (Å²) in [6.45, 7) is 5.61. The van der Waals surface area contributed by atoms with E-state index >= 15 is 0 Å². The van der Waals surface area contributed by atoms with Crippen LogP contribution in [0, 0.1) is 0 Å². The first-order valence-corrected chi connectivity index (χ1v) is 7.40. The van der Waals surface area contributed by atoms with E-state index in [4.69, 9.17) is 0 Å². The van der Waals surface area contributed by atoms with Crippen molar-refractivity contribution in [1.82, 2.24) is 0 Å². The summed E-state index contributed by atoms with van der Waals surface area (Å²) < 4.78 is 0. The van der Waals surface area contributed by atoms with Crippen LogP contribution in [0.1, 0.15) is 24.0 Å². The lowest BCUT2D eigenvalue weighted by Gasteiger charge is -2.29. The molecule has 25 heavy (non-hydrogen) atoms. The fraction of sp³-hybridized carbons (Fsp3) is 0.158. The Bertz CT molecular complexity index is 857. The van der Waals surface area contributed by atoms with Crippen LogP contribution in [-0.2, 0) is 15.4 Å². The van der Waals surface area contributed by atoms with Gasteiger partial charge < -0.3 is 10.2 Å². The van der Waals surface area contributed by atoms with Gasteiger partial charge in [0.25, 0.3) is 0 Å². The molecule has 126 valence electrons. The summed E-state index contributed by atoms with van der Waals surface area (Å²) >= 11 is 0. The third kappa shape index (κ3) is 4.04. The first-order chi connectivity index (χ1) is 11.9. The number of rotatable bonds is 6. The summed E-state index contributed by atoms with van der Waals surface area (Å²) in [6, 6.07) is 12.6. The maximum Gasteiger partial charge on any atom is 0.240 e. The molecule has 0 aliphatic rings. The van der Waals surface area contributed by atoms with Gasteiger partial charge in [-0.3, -0.25) is 0 Å². The molecule has 1 atom stereocenters. The van der Waals surface area contributed by atoms with Crippen molar-refractivity contribution in [3.05, 3.63) is 71.8 Å². The predicted octanol–water partition coefficient (Wildman–Crippen LogP) is 3.12. The zero-order valence-electron chi connectivity index (χ0n) is 13.5. The Labute approximate surface area is 144 Å². The molecule has 0 aliphatic heterocycles. The van der Waals surface area contributed by atoms with Gasteiger partial charge in [0.2, 0.25) is 17.9 Å². The Morgan fingerprint density at radius 3 is 1.84 bits per heavy atom. The molecule has 0 amide bonds. The highest BCUT2D eigenvalue weighted by atomic mass is 16.5. The molecular formula is C19H16N2O4. The zero-order chi connectivity index (χ0) is 18.4. The lowest BCUT2D eigenvalue weighted by Crippen LogP contribution is -2.29. The van der Waals surface area contributed by atoms with Crippen LogP contribution in [0.2, 0.25) is 0 Å². The molecule has 0 heterocycles. The number of aliphatic hydroxyl groups is 2. The van der Waals surface area contributed by atoms with E-state index in [1.165, 1.54) is 36.4 Å². The molecule has 0 saturated carbocycles. The van der Waals surface area contributed by atoms with Crippen LogP contribution in [0.15, 0.2) is 70.7 Å². The molecule has 0 saturated heterocycles. The van der Waals surface area contributed by atoms with E-state index in [1.54, 1.807) is 31.2 Å². The number of isocyanates is 2. The van der Waals surface area contributed by atoms with E-state index in [2.05, 4.69) is 16.6 Å². The maximum atomic E-state index is 10.5. The molecule has 2 N–H and O–H groups in total. The second-order valence-electron chi connectivity index (χ2n) is 5.46. The summed E-state index contributed by atoms with van der Waals surface area (Å²) in [5, 5.41) is 21.0. The Kier molecular flexibility index (Phi) is 5.55. The second-order valence-corrected chi connectivity index (χ2v) is 5.46. The minimum atomic E-state index is -2.26. The normalized spacial score (nSPS) is 11.8. The fourth-order valence-corrected chi connectivity index (χ4v) is 2.40. The van der Waals surface area contributed by atoms with Crippen LogP contribution in [-0.4, -0.2) is 22.4 Å². The van der Waals surface area contributed by atoms with Gasteiger partial charge in [-0.05, 0) is 35.4 Å². The monoisotopic (exact) mass is 336 g/mol. The van der Waals surface area contributed by atoms with E-state index < -0.39 is 5.79 Å². The van der Waals surface area contributed by atoms with Crippen LogP contribution in [0.25, 0.3) is 0 Å². The Morgan fingerprint density at radius 2 is 1.40 bits per heavy atom. The van der Waals surface area contributed by atoms with E-state index in [-0.39, 0.29) is 17.1 Å². The van der Waals surface area contributed by atoms with Gasteiger partial charge in [0.15, 0.2) is 0 Å². The van der Waals surface area contributed by atoms with Gasteiger partial charge in [0.1, 0.15) is 0 Å². The smallest absolute Gasteiger partial charge is 0.240 e. The van der Waals surface area contributed by atoms with Crippen molar-refractivity contribution in [3.8, 4) is 0 Å². The van der Waals surface area contributed by atoms with Crippen molar-refractivity contribution in [2.24, 2.45) is 9.98 Å². The summed E-state index contributed by atoms with van der Waals surface area (Å²) in [5.41, 5.74) is 1.98. The van der Waals surface area contributed by atoms with Gasteiger partial charge >= 0.3 is 0 Å². The van der Waals surface area contributed by atoms with Gasteiger partial charge in [-0.15, -0.1) is 0 Å². The second kappa shape index (κ2) is 7.62.